The fourth-order valence-electron chi connectivity index (χ4n) is 1.06. The molecular weight excluding hydrogens is 152 g/mol. The van der Waals surface area contributed by atoms with Crippen molar-refractivity contribution in [3.05, 3.63) is 34.9 Å². The van der Waals surface area contributed by atoms with E-state index in [0.717, 1.165) is 5.75 Å². The Labute approximate surface area is 73.0 Å². The van der Waals surface area contributed by atoms with Crippen molar-refractivity contribution in [2.45, 2.75) is 19.6 Å². The smallest absolute Gasteiger partial charge is 0.0181 e. The highest BCUT2D eigenvalue weighted by Crippen LogP contribution is 2.13. The van der Waals surface area contributed by atoms with Crippen LogP contribution in [0.2, 0.25) is 0 Å². The van der Waals surface area contributed by atoms with Crippen molar-refractivity contribution < 1.29 is 0 Å². The summed E-state index contributed by atoms with van der Waals surface area (Å²) >= 11 is 1.87. The summed E-state index contributed by atoms with van der Waals surface area (Å²) in [4.78, 5) is 0. The Balaban J connectivity index is 2.86. The van der Waals surface area contributed by atoms with E-state index in [1.54, 1.807) is 0 Å². The van der Waals surface area contributed by atoms with Crippen molar-refractivity contribution >= 4 is 11.8 Å². The molecule has 0 unspecified atom stereocenters. The number of hydrogen-bond acceptors (Lipinski definition) is 1. The Morgan fingerprint density at radius 2 is 1.91 bits per heavy atom. The van der Waals surface area contributed by atoms with Gasteiger partial charge in [0.25, 0.3) is 0 Å². The molecule has 1 aromatic rings. The number of benzene rings is 1. The van der Waals surface area contributed by atoms with Gasteiger partial charge in [-0.3, -0.25) is 0 Å². The lowest BCUT2D eigenvalue weighted by Gasteiger charge is -2.02. The van der Waals surface area contributed by atoms with Crippen LogP contribution in [0.1, 0.15) is 16.7 Å². The third-order valence-electron chi connectivity index (χ3n) is 1.88. The molecule has 0 N–H and O–H groups in total. The van der Waals surface area contributed by atoms with Gasteiger partial charge in [-0.25, -0.2) is 0 Å². The zero-order valence-corrected chi connectivity index (χ0v) is 8.16. The topological polar surface area (TPSA) is 0 Å². The Morgan fingerprint density at radius 3 is 2.45 bits per heavy atom. The molecule has 0 aliphatic rings. The highest BCUT2D eigenvalue weighted by atomic mass is 32.2. The summed E-state index contributed by atoms with van der Waals surface area (Å²) in [5, 5.41) is 0. The third-order valence-corrected chi connectivity index (χ3v) is 2.50. The lowest BCUT2D eigenvalue weighted by Crippen LogP contribution is -1.84. The van der Waals surface area contributed by atoms with Gasteiger partial charge < -0.3 is 0 Å². The first kappa shape index (κ1) is 8.66. The maximum absolute atomic E-state index is 2.27. The van der Waals surface area contributed by atoms with E-state index in [9.17, 15) is 0 Å². The number of hydrogen-bond donors (Lipinski definition) is 0. The van der Waals surface area contributed by atoms with E-state index in [1.807, 2.05) is 11.8 Å². The molecule has 0 aliphatic carbocycles. The molecule has 0 radical (unpaired) electrons. The molecule has 0 saturated carbocycles. The summed E-state index contributed by atoms with van der Waals surface area (Å²) in [6, 6.07) is 6.67. The minimum absolute atomic E-state index is 1.13. The molecule has 0 aromatic heterocycles. The van der Waals surface area contributed by atoms with Crippen molar-refractivity contribution in [2.24, 2.45) is 0 Å². The van der Waals surface area contributed by atoms with Gasteiger partial charge in [0.2, 0.25) is 0 Å². The summed E-state index contributed by atoms with van der Waals surface area (Å²) in [7, 11) is 0. The summed E-state index contributed by atoms with van der Waals surface area (Å²) in [5.41, 5.74) is 4.21. The van der Waals surface area contributed by atoms with Crippen LogP contribution in [0.25, 0.3) is 0 Å². The maximum Gasteiger partial charge on any atom is 0.0181 e. The average Bonchev–Trinajstić information content (AvgIpc) is 1.98. The van der Waals surface area contributed by atoms with Crippen molar-refractivity contribution in [2.75, 3.05) is 6.26 Å². The van der Waals surface area contributed by atoms with Crippen molar-refractivity contribution in [1.82, 2.24) is 0 Å². The molecular formula is C10H14S. The minimum Gasteiger partial charge on any atom is -0.161 e. The molecule has 60 valence electrons. The molecule has 0 bridgehead atoms. The summed E-state index contributed by atoms with van der Waals surface area (Å²) in [6.45, 7) is 4.32. The van der Waals surface area contributed by atoms with Crippen LogP contribution in [-0.2, 0) is 5.75 Å². The molecule has 0 spiro atoms. The first-order valence-electron chi connectivity index (χ1n) is 3.79. The predicted molar refractivity (Wildman–Crippen MR) is 53.1 cm³/mol. The summed E-state index contributed by atoms with van der Waals surface area (Å²) in [6.07, 6.45) is 2.13. The van der Waals surface area contributed by atoms with Crippen LogP contribution in [-0.4, -0.2) is 6.26 Å². The lowest BCUT2D eigenvalue weighted by molar-refractivity contribution is 1.29. The Kier molecular flexibility index (Phi) is 3.01. The molecule has 0 amide bonds. The van der Waals surface area contributed by atoms with Crippen molar-refractivity contribution in [3.63, 3.8) is 0 Å². The molecule has 0 atom stereocenters. The standard InChI is InChI=1S/C10H14S/c1-8-4-5-10(7-11-3)6-9(8)2/h4-6H,7H2,1-3H3. The van der Waals surface area contributed by atoms with E-state index >= 15 is 0 Å². The second-order valence-corrected chi connectivity index (χ2v) is 3.72. The Bertz CT molecular complexity index is 241. The number of rotatable bonds is 2. The van der Waals surface area contributed by atoms with E-state index in [1.165, 1.54) is 16.7 Å². The molecule has 1 heteroatoms. The van der Waals surface area contributed by atoms with E-state index in [2.05, 4.69) is 38.3 Å². The maximum atomic E-state index is 2.27. The number of aryl methyl sites for hydroxylation is 2. The zero-order valence-electron chi connectivity index (χ0n) is 7.35. The van der Waals surface area contributed by atoms with E-state index < -0.39 is 0 Å². The van der Waals surface area contributed by atoms with Crippen LogP contribution in [0.4, 0.5) is 0 Å². The minimum atomic E-state index is 1.13. The van der Waals surface area contributed by atoms with Crippen LogP contribution in [0, 0.1) is 13.8 Å². The van der Waals surface area contributed by atoms with Crippen LogP contribution in [0.15, 0.2) is 18.2 Å². The monoisotopic (exact) mass is 166 g/mol. The summed E-state index contributed by atoms with van der Waals surface area (Å²) in [5.74, 6) is 1.13. The SMILES string of the molecule is CSCc1ccc(C)c(C)c1. The second-order valence-electron chi connectivity index (χ2n) is 2.85. The second kappa shape index (κ2) is 3.82. The molecule has 0 aliphatic heterocycles. The fourth-order valence-corrected chi connectivity index (χ4v) is 1.57. The van der Waals surface area contributed by atoms with Crippen molar-refractivity contribution in [3.8, 4) is 0 Å². The van der Waals surface area contributed by atoms with Crippen LogP contribution in [0.3, 0.4) is 0 Å². The van der Waals surface area contributed by atoms with Gasteiger partial charge in [0.15, 0.2) is 0 Å². The highest BCUT2D eigenvalue weighted by molar-refractivity contribution is 7.97. The third kappa shape index (κ3) is 2.26. The molecule has 0 nitrogen and oxygen atoms in total. The van der Waals surface area contributed by atoms with Gasteiger partial charge in [0.05, 0.1) is 0 Å². The van der Waals surface area contributed by atoms with Crippen LogP contribution >= 0.6 is 11.8 Å². The van der Waals surface area contributed by atoms with E-state index in [-0.39, 0.29) is 0 Å². The molecule has 1 aromatic carbocycles. The molecule has 1 rings (SSSR count). The van der Waals surface area contributed by atoms with Gasteiger partial charge in [-0.05, 0) is 36.8 Å². The molecule has 11 heavy (non-hydrogen) atoms. The van der Waals surface area contributed by atoms with Gasteiger partial charge in [-0.1, -0.05) is 18.2 Å². The van der Waals surface area contributed by atoms with Crippen LogP contribution < -0.4 is 0 Å². The molecule has 0 fully saturated rings. The lowest BCUT2D eigenvalue weighted by atomic mass is 10.1. The van der Waals surface area contributed by atoms with Gasteiger partial charge in [-0.15, -0.1) is 0 Å². The fraction of sp³-hybridized carbons (Fsp3) is 0.400. The highest BCUT2D eigenvalue weighted by Gasteiger charge is 1.94. The summed E-state index contributed by atoms with van der Waals surface area (Å²) < 4.78 is 0. The van der Waals surface area contributed by atoms with Gasteiger partial charge in [-0.2, -0.15) is 11.8 Å². The normalized spacial score (nSPS) is 10.1. The first-order valence-corrected chi connectivity index (χ1v) is 5.18. The van der Waals surface area contributed by atoms with E-state index in [0.29, 0.717) is 0 Å². The van der Waals surface area contributed by atoms with Gasteiger partial charge in [0.1, 0.15) is 0 Å². The predicted octanol–water partition coefficient (Wildman–Crippen LogP) is 3.17. The largest absolute Gasteiger partial charge is 0.161 e. The van der Waals surface area contributed by atoms with Crippen molar-refractivity contribution in [1.29, 1.82) is 0 Å². The van der Waals surface area contributed by atoms with Crippen LogP contribution in [0.5, 0.6) is 0 Å². The number of thioether (sulfide) groups is 1. The Morgan fingerprint density at radius 1 is 1.18 bits per heavy atom. The first-order chi connectivity index (χ1) is 5.24. The average molecular weight is 166 g/mol. The van der Waals surface area contributed by atoms with E-state index in [4.69, 9.17) is 0 Å². The molecule has 0 saturated heterocycles. The van der Waals surface area contributed by atoms with Gasteiger partial charge >= 0.3 is 0 Å². The quantitative estimate of drug-likeness (QED) is 0.650. The van der Waals surface area contributed by atoms with Gasteiger partial charge in [0, 0.05) is 5.75 Å². The zero-order chi connectivity index (χ0) is 8.27. The Hall–Kier alpha value is -0.430. The molecule has 0 heterocycles.